The molecule has 0 unspecified atom stereocenters. The lowest BCUT2D eigenvalue weighted by Gasteiger charge is -2.28. The highest BCUT2D eigenvalue weighted by Crippen LogP contribution is 2.23. The third kappa shape index (κ3) is 3.94. The largest absolute Gasteiger partial charge is 0.384 e. The molecule has 0 aliphatic heterocycles. The molecule has 1 atom stereocenters. The van der Waals surface area contributed by atoms with Crippen LogP contribution < -0.4 is 11.1 Å². The van der Waals surface area contributed by atoms with E-state index >= 15 is 0 Å². The second-order valence-electron chi connectivity index (χ2n) is 4.29. The second-order valence-corrected chi connectivity index (χ2v) is 4.73. The van der Waals surface area contributed by atoms with Gasteiger partial charge in [0.25, 0.3) is 0 Å². The van der Waals surface area contributed by atoms with E-state index in [0.29, 0.717) is 10.6 Å². The zero-order valence-electron chi connectivity index (χ0n) is 10.9. The number of primary amides is 1. The maximum absolute atomic E-state index is 11.7. The summed E-state index contributed by atoms with van der Waals surface area (Å²) in [7, 11) is 1.50. The minimum absolute atomic E-state index is 0.153. The van der Waals surface area contributed by atoms with Gasteiger partial charge in [0.15, 0.2) is 0 Å². The Labute approximate surface area is 117 Å². The fourth-order valence-corrected chi connectivity index (χ4v) is 1.80. The highest BCUT2D eigenvalue weighted by Gasteiger charge is 2.34. The van der Waals surface area contributed by atoms with Crippen LogP contribution in [0.4, 0.5) is 0 Å². The standard InChI is InChI=1S/C13H17ClN2O3/c1-13(12(15)18,16-11(17)6-7-19-2)9-4-3-5-10(14)8-9/h3-5,8H,6-7H2,1-2H3,(H2,15,18)(H,16,17)/t13-/m0/s1. The average Bonchev–Trinajstić information content (AvgIpc) is 2.36. The molecule has 0 spiro atoms. The van der Waals surface area contributed by atoms with Crippen molar-refractivity contribution in [3.8, 4) is 0 Å². The number of ether oxygens (including phenoxy) is 1. The smallest absolute Gasteiger partial charge is 0.247 e. The van der Waals surface area contributed by atoms with Gasteiger partial charge in [-0.25, -0.2) is 0 Å². The third-order valence-electron chi connectivity index (χ3n) is 2.82. The summed E-state index contributed by atoms with van der Waals surface area (Å²) in [4.78, 5) is 23.4. The molecular formula is C13H17ClN2O3. The van der Waals surface area contributed by atoms with Crippen LogP contribution in [0.5, 0.6) is 0 Å². The zero-order valence-corrected chi connectivity index (χ0v) is 11.7. The monoisotopic (exact) mass is 284 g/mol. The molecule has 0 heterocycles. The highest BCUT2D eigenvalue weighted by molar-refractivity contribution is 6.30. The molecule has 0 radical (unpaired) electrons. The van der Waals surface area contributed by atoms with E-state index < -0.39 is 11.4 Å². The molecular weight excluding hydrogens is 268 g/mol. The number of nitrogens with one attached hydrogen (secondary N) is 1. The Bertz CT molecular complexity index is 479. The van der Waals surface area contributed by atoms with Crippen molar-refractivity contribution in [1.82, 2.24) is 5.32 Å². The van der Waals surface area contributed by atoms with E-state index in [0.717, 1.165) is 0 Å². The van der Waals surface area contributed by atoms with Crippen LogP contribution in [0, 0.1) is 0 Å². The molecule has 3 N–H and O–H groups in total. The van der Waals surface area contributed by atoms with Crippen molar-refractivity contribution >= 4 is 23.4 Å². The molecule has 0 fully saturated rings. The first-order valence-corrected chi connectivity index (χ1v) is 6.14. The fraction of sp³-hybridized carbons (Fsp3) is 0.385. The molecule has 19 heavy (non-hydrogen) atoms. The summed E-state index contributed by atoms with van der Waals surface area (Å²) < 4.78 is 4.81. The SMILES string of the molecule is COCCC(=O)N[C@](C)(C(N)=O)c1cccc(Cl)c1. The Balaban J connectivity index is 2.98. The lowest BCUT2D eigenvalue weighted by molar-refractivity contribution is -0.131. The van der Waals surface area contributed by atoms with Crippen LogP contribution in [0.1, 0.15) is 18.9 Å². The Morgan fingerprint density at radius 1 is 1.47 bits per heavy atom. The van der Waals surface area contributed by atoms with Crippen LogP contribution >= 0.6 is 11.6 Å². The van der Waals surface area contributed by atoms with Crippen molar-refractivity contribution in [3.05, 3.63) is 34.9 Å². The molecule has 1 aromatic rings. The summed E-state index contributed by atoms with van der Waals surface area (Å²) in [5, 5.41) is 3.09. The first kappa shape index (κ1) is 15.5. The van der Waals surface area contributed by atoms with E-state index in [1.165, 1.54) is 7.11 Å². The van der Waals surface area contributed by atoms with E-state index in [4.69, 9.17) is 22.1 Å². The van der Waals surface area contributed by atoms with Gasteiger partial charge in [-0.1, -0.05) is 23.7 Å². The Morgan fingerprint density at radius 2 is 2.16 bits per heavy atom. The maximum Gasteiger partial charge on any atom is 0.247 e. The van der Waals surface area contributed by atoms with E-state index in [2.05, 4.69) is 5.32 Å². The predicted molar refractivity (Wildman–Crippen MR) is 72.6 cm³/mol. The Hall–Kier alpha value is -1.59. The van der Waals surface area contributed by atoms with Gasteiger partial charge in [-0.3, -0.25) is 9.59 Å². The number of benzene rings is 1. The number of hydrogen-bond acceptors (Lipinski definition) is 3. The van der Waals surface area contributed by atoms with E-state index in [1.54, 1.807) is 31.2 Å². The predicted octanol–water partition coefficient (Wildman–Crippen LogP) is 1.19. The number of rotatable bonds is 6. The minimum atomic E-state index is -1.30. The molecule has 1 aromatic carbocycles. The van der Waals surface area contributed by atoms with Crippen molar-refractivity contribution in [1.29, 1.82) is 0 Å². The maximum atomic E-state index is 11.7. The number of amides is 2. The first-order chi connectivity index (χ1) is 8.90. The minimum Gasteiger partial charge on any atom is -0.384 e. The highest BCUT2D eigenvalue weighted by atomic mass is 35.5. The van der Waals surface area contributed by atoms with Gasteiger partial charge in [0.1, 0.15) is 5.54 Å². The molecule has 0 saturated carbocycles. The Kier molecular flexibility index (Phi) is 5.32. The van der Waals surface area contributed by atoms with Gasteiger partial charge in [-0.2, -0.15) is 0 Å². The summed E-state index contributed by atoms with van der Waals surface area (Å²) >= 11 is 5.89. The normalized spacial score (nSPS) is 13.6. The summed E-state index contributed by atoms with van der Waals surface area (Å²) in [6.07, 6.45) is 0.153. The average molecular weight is 285 g/mol. The summed E-state index contributed by atoms with van der Waals surface area (Å²) in [5.74, 6) is -0.969. The van der Waals surface area contributed by atoms with Crippen molar-refractivity contribution in [2.45, 2.75) is 18.9 Å². The van der Waals surface area contributed by atoms with E-state index in [9.17, 15) is 9.59 Å². The number of nitrogens with two attached hydrogens (primary N) is 1. The molecule has 0 saturated heterocycles. The lowest BCUT2D eigenvalue weighted by Crippen LogP contribution is -2.52. The lowest BCUT2D eigenvalue weighted by atomic mass is 9.91. The second kappa shape index (κ2) is 6.54. The number of hydrogen-bond donors (Lipinski definition) is 2. The van der Waals surface area contributed by atoms with Gasteiger partial charge < -0.3 is 15.8 Å². The van der Waals surface area contributed by atoms with Gasteiger partial charge in [-0.05, 0) is 24.6 Å². The Morgan fingerprint density at radius 3 is 2.68 bits per heavy atom. The van der Waals surface area contributed by atoms with E-state index in [-0.39, 0.29) is 18.9 Å². The quantitative estimate of drug-likeness (QED) is 0.823. The van der Waals surface area contributed by atoms with Gasteiger partial charge >= 0.3 is 0 Å². The van der Waals surface area contributed by atoms with Crippen molar-refractivity contribution in [3.63, 3.8) is 0 Å². The molecule has 0 aliphatic rings. The first-order valence-electron chi connectivity index (χ1n) is 5.76. The molecule has 1 rings (SSSR count). The van der Waals surface area contributed by atoms with Gasteiger partial charge in [0, 0.05) is 18.6 Å². The van der Waals surface area contributed by atoms with Crippen LogP contribution in [0.15, 0.2) is 24.3 Å². The van der Waals surface area contributed by atoms with Crippen LogP contribution in [-0.4, -0.2) is 25.5 Å². The van der Waals surface area contributed by atoms with Crippen molar-refractivity contribution in [2.24, 2.45) is 5.73 Å². The van der Waals surface area contributed by atoms with Crippen LogP contribution in [-0.2, 0) is 19.9 Å². The number of methoxy groups -OCH3 is 1. The molecule has 0 bridgehead atoms. The van der Waals surface area contributed by atoms with Gasteiger partial charge in [0.2, 0.25) is 11.8 Å². The summed E-state index contributed by atoms with van der Waals surface area (Å²) in [6.45, 7) is 1.82. The van der Waals surface area contributed by atoms with Crippen LogP contribution in [0.25, 0.3) is 0 Å². The number of halogens is 1. The molecule has 0 aliphatic carbocycles. The third-order valence-corrected chi connectivity index (χ3v) is 3.05. The molecule has 6 heteroatoms. The van der Waals surface area contributed by atoms with Crippen molar-refractivity contribution < 1.29 is 14.3 Å². The fourth-order valence-electron chi connectivity index (χ4n) is 1.61. The molecule has 2 amide bonds. The zero-order chi connectivity index (χ0) is 14.5. The summed E-state index contributed by atoms with van der Waals surface area (Å²) in [5.41, 5.74) is 4.65. The van der Waals surface area contributed by atoms with Crippen LogP contribution in [0.2, 0.25) is 5.02 Å². The molecule has 104 valence electrons. The van der Waals surface area contributed by atoms with Gasteiger partial charge in [-0.15, -0.1) is 0 Å². The van der Waals surface area contributed by atoms with Crippen LogP contribution in [0.3, 0.4) is 0 Å². The molecule has 0 aromatic heterocycles. The van der Waals surface area contributed by atoms with E-state index in [1.807, 2.05) is 0 Å². The topological polar surface area (TPSA) is 81.4 Å². The summed E-state index contributed by atoms with van der Waals surface area (Å²) in [6, 6.07) is 6.66. The number of carbonyl (C=O) groups excluding carboxylic acids is 2. The molecule has 5 nitrogen and oxygen atoms in total. The van der Waals surface area contributed by atoms with Gasteiger partial charge in [0.05, 0.1) is 6.61 Å². The number of carbonyl (C=O) groups is 2. The van der Waals surface area contributed by atoms with Crippen molar-refractivity contribution in [2.75, 3.05) is 13.7 Å².